The number of hydrogen-bond acceptors (Lipinski definition) is 5. The van der Waals surface area contributed by atoms with Crippen LogP contribution in [0.4, 0.5) is 0 Å². The van der Waals surface area contributed by atoms with Crippen LogP contribution in [0.2, 0.25) is 0 Å². The van der Waals surface area contributed by atoms with Gasteiger partial charge in [-0.25, -0.2) is 14.6 Å². The summed E-state index contributed by atoms with van der Waals surface area (Å²) in [4.78, 5) is 32.9. The Balaban J connectivity index is 2.05. The largest absolute Gasteiger partial charge is 0.481 e. The summed E-state index contributed by atoms with van der Waals surface area (Å²) in [6.45, 7) is 5.33. The van der Waals surface area contributed by atoms with Gasteiger partial charge in [-0.15, -0.1) is 0 Å². The summed E-state index contributed by atoms with van der Waals surface area (Å²) in [6.07, 6.45) is 0.495. The number of carbonyl (C=O) groups excluding carboxylic acids is 1. The Labute approximate surface area is 105 Å². The zero-order valence-corrected chi connectivity index (χ0v) is 10.8. The summed E-state index contributed by atoms with van der Waals surface area (Å²) >= 11 is 0. The Hall–Kier alpha value is -1.14. The summed E-state index contributed by atoms with van der Waals surface area (Å²) in [5.41, 5.74) is -1.70. The van der Waals surface area contributed by atoms with Crippen molar-refractivity contribution < 1.29 is 29.2 Å². The van der Waals surface area contributed by atoms with E-state index in [0.717, 1.165) is 0 Å². The van der Waals surface area contributed by atoms with Crippen LogP contribution in [0, 0.1) is 5.92 Å². The van der Waals surface area contributed by atoms with Crippen LogP contribution in [0.3, 0.4) is 0 Å². The van der Waals surface area contributed by atoms with E-state index >= 15 is 0 Å². The molecular weight excluding hydrogens is 240 g/mol. The number of esters is 1. The van der Waals surface area contributed by atoms with Crippen LogP contribution in [0.1, 0.15) is 40.0 Å². The molecule has 3 unspecified atom stereocenters. The van der Waals surface area contributed by atoms with Gasteiger partial charge < -0.3 is 9.84 Å². The molecule has 0 bridgehead atoms. The highest BCUT2D eigenvalue weighted by molar-refractivity contribution is 5.82. The summed E-state index contributed by atoms with van der Waals surface area (Å²) in [7, 11) is 0. The second kappa shape index (κ2) is 4.20. The molecular formula is C12H18O6. The first kappa shape index (κ1) is 13.3. The molecule has 2 rings (SSSR count). The lowest BCUT2D eigenvalue weighted by Gasteiger charge is -2.49. The Morgan fingerprint density at radius 1 is 1.39 bits per heavy atom. The zero-order chi connectivity index (χ0) is 13.6. The Morgan fingerprint density at radius 2 is 2.06 bits per heavy atom. The number of rotatable bonds is 2. The average molecular weight is 258 g/mol. The number of ether oxygens (including phenoxy) is 1. The number of carboxylic acids is 1. The fourth-order valence-corrected chi connectivity index (χ4v) is 2.29. The van der Waals surface area contributed by atoms with Crippen LogP contribution in [-0.2, 0) is 24.1 Å². The minimum atomic E-state index is -1.10. The fourth-order valence-electron chi connectivity index (χ4n) is 2.29. The predicted octanol–water partition coefficient (Wildman–Crippen LogP) is 1.28. The van der Waals surface area contributed by atoms with Gasteiger partial charge >= 0.3 is 11.9 Å². The molecule has 1 N–H and O–H groups in total. The third kappa shape index (κ3) is 2.22. The van der Waals surface area contributed by atoms with Crippen molar-refractivity contribution in [1.29, 1.82) is 0 Å². The first-order valence-corrected chi connectivity index (χ1v) is 6.05. The smallest absolute Gasteiger partial charge is 0.345 e. The molecule has 2 fully saturated rings. The average Bonchev–Trinajstić information content (AvgIpc) is 2.16. The lowest BCUT2D eigenvalue weighted by Crippen LogP contribution is -2.65. The van der Waals surface area contributed by atoms with Gasteiger partial charge in [0.05, 0.1) is 5.92 Å². The van der Waals surface area contributed by atoms with Gasteiger partial charge in [-0.1, -0.05) is 0 Å². The Bertz CT molecular complexity index is 371. The maximum Gasteiger partial charge on any atom is 0.345 e. The number of carbonyl (C=O) groups is 2. The molecule has 102 valence electrons. The molecule has 0 aromatic carbocycles. The molecule has 0 radical (unpaired) electrons. The van der Waals surface area contributed by atoms with E-state index in [-0.39, 0.29) is 6.42 Å². The van der Waals surface area contributed by atoms with E-state index < -0.39 is 35.2 Å². The maximum atomic E-state index is 12.1. The highest BCUT2D eigenvalue weighted by Crippen LogP contribution is 2.45. The van der Waals surface area contributed by atoms with Crippen LogP contribution in [-0.4, -0.2) is 34.4 Å². The first-order chi connectivity index (χ1) is 8.24. The standard InChI is InChI=1S/C12H18O6/c1-11(2,3)16-10(15)12-5-4-7(9(13)14)6-8(12)17-18-12/h7-8H,4-6H2,1-3H3,(H,13,14). The molecule has 0 aromatic heterocycles. The molecule has 1 heterocycles. The van der Waals surface area contributed by atoms with Gasteiger partial charge in [0.1, 0.15) is 11.7 Å². The molecule has 1 aliphatic carbocycles. The summed E-state index contributed by atoms with van der Waals surface area (Å²) in [6, 6.07) is 0. The Kier molecular flexibility index (Phi) is 3.11. The van der Waals surface area contributed by atoms with Gasteiger partial charge in [0.15, 0.2) is 0 Å². The molecule has 0 spiro atoms. The van der Waals surface area contributed by atoms with Crippen molar-refractivity contribution in [2.45, 2.75) is 57.3 Å². The van der Waals surface area contributed by atoms with Gasteiger partial charge in [-0.3, -0.25) is 4.79 Å². The van der Waals surface area contributed by atoms with Crippen molar-refractivity contribution in [3.8, 4) is 0 Å². The molecule has 0 amide bonds. The molecule has 6 heteroatoms. The minimum Gasteiger partial charge on any atom is -0.481 e. The highest BCUT2D eigenvalue weighted by atomic mass is 17.3. The third-order valence-electron chi connectivity index (χ3n) is 3.29. The van der Waals surface area contributed by atoms with Crippen LogP contribution >= 0.6 is 0 Å². The number of aliphatic carboxylic acids is 1. The van der Waals surface area contributed by atoms with E-state index in [1.807, 2.05) is 0 Å². The van der Waals surface area contributed by atoms with Crippen molar-refractivity contribution in [2.75, 3.05) is 0 Å². The lowest BCUT2D eigenvalue weighted by molar-refractivity contribution is -0.506. The van der Waals surface area contributed by atoms with Gasteiger partial charge in [0.25, 0.3) is 0 Å². The van der Waals surface area contributed by atoms with Crippen LogP contribution < -0.4 is 0 Å². The lowest BCUT2D eigenvalue weighted by atomic mass is 9.75. The van der Waals surface area contributed by atoms with Gasteiger partial charge in [0.2, 0.25) is 5.60 Å². The molecule has 2 aliphatic rings. The predicted molar refractivity (Wildman–Crippen MR) is 59.5 cm³/mol. The summed E-state index contributed by atoms with van der Waals surface area (Å²) in [5, 5.41) is 8.96. The molecule has 18 heavy (non-hydrogen) atoms. The molecule has 1 aliphatic heterocycles. The second-order valence-electron chi connectivity index (χ2n) is 5.87. The van der Waals surface area contributed by atoms with E-state index in [9.17, 15) is 9.59 Å². The van der Waals surface area contributed by atoms with Gasteiger partial charge in [-0.05, 0) is 40.0 Å². The quantitative estimate of drug-likeness (QED) is 0.593. The second-order valence-corrected chi connectivity index (χ2v) is 5.87. The number of carboxylic acid groups (broad SMARTS) is 1. The molecule has 6 nitrogen and oxygen atoms in total. The van der Waals surface area contributed by atoms with E-state index in [1.54, 1.807) is 20.8 Å². The minimum absolute atomic E-state index is 0.286. The van der Waals surface area contributed by atoms with Crippen molar-refractivity contribution in [3.05, 3.63) is 0 Å². The van der Waals surface area contributed by atoms with Gasteiger partial charge in [0, 0.05) is 0 Å². The number of hydrogen-bond donors (Lipinski definition) is 1. The third-order valence-corrected chi connectivity index (χ3v) is 3.29. The van der Waals surface area contributed by atoms with Crippen LogP contribution in [0.5, 0.6) is 0 Å². The van der Waals surface area contributed by atoms with Gasteiger partial charge in [-0.2, -0.15) is 0 Å². The SMILES string of the molecule is CC(C)(C)OC(=O)C12CCC(C(=O)O)CC1OO2. The summed E-state index contributed by atoms with van der Waals surface area (Å²) in [5.74, 6) is -1.80. The molecule has 1 saturated carbocycles. The zero-order valence-electron chi connectivity index (χ0n) is 10.8. The van der Waals surface area contributed by atoms with E-state index in [0.29, 0.717) is 12.8 Å². The highest BCUT2D eigenvalue weighted by Gasteiger charge is 2.62. The van der Waals surface area contributed by atoms with Crippen LogP contribution in [0.15, 0.2) is 0 Å². The summed E-state index contributed by atoms with van der Waals surface area (Å²) < 4.78 is 5.31. The van der Waals surface area contributed by atoms with Crippen molar-refractivity contribution >= 4 is 11.9 Å². The van der Waals surface area contributed by atoms with Crippen molar-refractivity contribution in [3.63, 3.8) is 0 Å². The normalized spacial score (nSPS) is 35.3. The maximum absolute atomic E-state index is 12.1. The van der Waals surface area contributed by atoms with E-state index in [4.69, 9.17) is 19.6 Å². The molecule has 1 saturated heterocycles. The molecule has 3 atom stereocenters. The van der Waals surface area contributed by atoms with Crippen LogP contribution in [0.25, 0.3) is 0 Å². The van der Waals surface area contributed by atoms with Crippen molar-refractivity contribution in [1.82, 2.24) is 0 Å². The number of fused-ring (bicyclic) bond motifs is 1. The Morgan fingerprint density at radius 3 is 2.44 bits per heavy atom. The molecule has 0 aromatic rings. The first-order valence-electron chi connectivity index (χ1n) is 6.05. The fraction of sp³-hybridized carbons (Fsp3) is 0.833. The van der Waals surface area contributed by atoms with E-state index in [2.05, 4.69) is 0 Å². The monoisotopic (exact) mass is 258 g/mol. The van der Waals surface area contributed by atoms with E-state index in [1.165, 1.54) is 0 Å². The van der Waals surface area contributed by atoms with Crippen molar-refractivity contribution in [2.24, 2.45) is 5.92 Å². The topological polar surface area (TPSA) is 82.1 Å².